The molecule has 0 saturated carbocycles. The second-order valence-electron chi connectivity index (χ2n) is 7.55. The fourth-order valence-corrected chi connectivity index (χ4v) is 3.35. The van der Waals surface area contributed by atoms with Gasteiger partial charge in [0, 0.05) is 13.2 Å². The van der Waals surface area contributed by atoms with Gasteiger partial charge in [0.2, 0.25) is 0 Å². The molecule has 0 fully saturated rings. The van der Waals surface area contributed by atoms with E-state index in [1.165, 1.54) is 77.3 Å². The van der Waals surface area contributed by atoms with Gasteiger partial charge < -0.3 is 9.64 Å². The van der Waals surface area contributed by atoms with E-state index in [-0.39, 0.29) is 0 Å². The smallest absolute Gasteiger partial charge is 0.0593 e. The highest BCUT2D eigenvalue weighted by molar-refractivity contribution is 4.65. The molecule has 0 bridgehead atoms. The normalized spacial score (nSPS) is 14.2. The summed E-state index contributed by atoms with van der Waals surface area (Å²) in [6.07, 6.45) is 13.3. The second-order valence-corrected chi connectivity index (χ2v) is 7.55. The largest absolute Gasteiger partial charge is 0.380 e. The van der Waals surface area contributed by atoms with Crippen LogP contribution in [0.4, 0.5) is 0 Å². The predicted molar refractivity (Wildman–Crippen MR) is 109 cm³/mol. The van der Waals surface area contributed by atoms with Crippen molar-refractivity contribution in [3.63, 3.8) is 0 Å². The minimum atomic E-state index is 0.756. The zero-order valence-corrected chi connectivity index (χ0v) is 17.6. The molecule has 0 saturated heterocycles. The fraction of sp³-hybridized carbons (Fsp3) is 1.00. The van der Waals surface area contributed by atoms with Crippen LogP contribution in [-0.2, 0) is 4.74 Å². The summed E-state index contributed by atoms with van der Waals surface area (Å²) in [5.41, 5.74) is 0. The molecule has 0 amide bonds. The van der Waals surface area contributed by atoms with Crippen LogP contribution >= 0.6 is 0 Å². The number of nitrogens with zero attached hydrogens (tertiary/aromatic N) is 1. The first-order valence-corrected chi connectivity index (χ1v) is 11.0. The quantitative estimate of drug-likeness (QED) is 0.262. The third kappa shape index (κ3) is 13.2. The average molecular weight is 342 g/mol. The number of hydrogen-bond acceptors (Lipinski definition) is 2. The van der Waals surface area contributed by atoms with E-state index in [0.717, 1.165) is 31.6 Å². The van der Waals surface area contributed by atoms with Crippen LogP contribution in [0.15, 0.2) is 0 Å². The topological polar surface area (TPSA) is 12.5 Å². The molecule has 0 aliphatic heterocycles. The number of ether oxygens (including phenoxy) is 1. The highest BCUT2D eigenvalue weighted by Crippen LogP contribution is 2.23. The van der Waals surface area contributed by atoms with Gasteiger partial charge >= 0.3 is 0 Å². The van der Waals surface area contributed by atoms with Gasteiger partial charge in [-0.25, -0.2) is 0 Å². The molecule has 146 valence electrons. The van der Waals surface area contributed by atoms with E-state index >= 15 is 0 Å². The van der Waals surface area contributed by atoms with Gasteiger partial charge in [-0.3, -0.25) is 0 Å². The highest BCUT2D eigenvalue weighted by Gasteiger charge is 2.14. The van der Waals surface area contributed by atoms with Crippen molar-refractivity contribution in [3.05, 3.63) is 0 Å². The van der Waals surface area contributed by atoms with Crippen molar-refractivity contribution in [2.24, 2.45) is 11.8 Å². The van der Waals surface area contributed by atoms with Crippen molar-refractivity contribution in [2.75, 3.05) is 32.8 Å². The van der Waals surface area contributed by atoms with Gasteiger partial charge in [-0.05, 0) is 44.2 Å². The first-order chi connectivity index (χ1) is 11.7. The zero-order valence-electron chi connectivity index (χ0n) is 17.6. The Bertz CT molecular complexity index is 236. The maximum Gasteiger partial charge on any atom is 0.0593 e. The maximum absolute atomic E-state index is 6.09. The Hall–Kier alpha value is -0.0800. The summed E-state index contributed by atoms with van der Waals surface area (Å²) in [6, 6.07) is 0. The molecule has 0 aliphatic carbocycles. The molecular formula is C22H47NO. The Morgan fingerprint density at radius 2 is 1.29 bits per heavy atom. The molecular weight excluding hydrogens is 294 g/mol. The van der Waals surface area contributed by atoms with Crippen molar-refractivity contribution >= 4 is 0 Å². The fourth-order valence-electron chi connectivity index (χ4n) is 3.35. The Kier molecular flexibility index (Phi) is 17.7. The number of unbranched alkanes of at least 4 members (excludes halogenated alkanes) is 3. The summed E-state index contributed by atoms with van der Waals surface area (Å²) in [5.74, 6) is 1.66. The van der Waals surface area contributed by atoms with Crippen LogP contribution in [0.25, 0.3) is 0 Å². The van der Waals surface area contributed by atoms with Gasteiger partial charge in [-0.15, -0.1) is 0 Å². The van der Waals surface area contributed by atoms with E-state index in [9.17, 15) is 0 Å². The van der Waals surface area contributed by atoms with Gasteiger partial charge in [0.05, 0.1) is 6.61 Å². The van der Waals surface area contributed by atoms with E-state index in [4.69, 9.17) is 4.74 Å². The SMILES string of the molecule is CCCC[C@H](CC)C[C@H](CC)COCCN(CCCC)CCCC. The van der Waals surface area contributed by atoms with Crippen LogP contribution < -0.4 is 0 Å². The summed E-state index contributed by atoms with van der Waals surface area (Å²) in [6.45, 7) is 17.0. The third-order valence-electron chi connectivity index (χ3n) is 5.35. The lowest BCUT2D eigenvalue weighted by molar-refractivity contribution is 0.0676. The van der Waals surface area contributed by atoms with Crippen LogP contribution in [0.5, 0.6) is 0 Å². The average Bonchev–Trinajstić information content (AvgIpc) is 2.61. The molecule has 0 unspecified atom stereocenters. The van der Waals surface area contributed by atoms with Crippen molar-refractivity contribution < 1.29 is 4.74 Å². The Morgan fingerprint density at radius 1 is 0.708 bits per heavy atom. The van der Waals surface area contributed by atoms with Crippen LogP contribution in [0.1, 0.15) is 98.8 Å². The number of rotatable bonds is 18. The molecule has 0 aromatic rings. The standard InChI is InChI=1S/C22H47NO/c1-6-11-14-21(9-4)19-22(10-5)20-24-18-17-23(15-12-7-2)16-13-8-3/h21-22H,6-20H2,1-5H3/t21-,22-/m0/s1. The number of hydrogen-bond donors (Lipinski definition) is 0. The Labute approximate surface area is 153 Å². The lowest BCUT2D eigenvalue weighted by atomic mass is 9.88. The first-order valence-electron chi connectivity index (χ1n) is 11.0. The Balaban J connectivity index is 4.00. The van der Waals surface area contributed by atoms with E-state index in [1.807, 2.05) is 0 Å². The lowest BCUT2D eigenvalue weighted by Crippen LogP contribution is -2.30. The van der Waals surface area contributed by atoms with Crippen LogP contribution in [0, 0.1) is 11.8 Å². The molecule has 24 heavy (non-hydrogen) atoms. The van der Waals surface area contributed by atoms with Crippen LogP contribution in [0.3, 0.4) is 0 Å². The Morgan fingerprint density at radius 3 is 1.79 bits per heavy atom. The summed E-state index contributed by atoms with van der Waals surface area (Å²) < 4.78 is 6.09. The van der Waals surface area contributed by atoms with E-state index < -0.39 is 0 Å². The molecule has 0 radical (unpaired) electrons. The van der Waals surface area contributed by atoms with E-state index in [1.54, 1.807) is 0 Å². The van der Waals surface area contributed by atoms with Crippen molar-refractivity contribution in [3.8, 4) is 0 Å². The second kappa shape index (κ2) is 17.7. The molecule has 2 atom stereocenters. The monoisotopic (exact) mass is 341 g/mol. The maximum atomic E-state index is 6.09. The molecule has 0 aromatic carbocycles. The van der Waals surface area contributed by atoms with Gasteiger partial charge in [0.15, 0.2) is 0 Å². The van der Waals surface area contributed by atoms with Crippen molar-refractivity contribution in [1.82, 2.24) is 4.90 Å². The zero-order chi connectivity index (χ0) is 18.0. The summed E-state index contributed by atoms with van der Waals surface area (Å²) in [7, 11) is 0. The van der Waals surface area contributed by atoms with Gasteiger partial charge in [0.1, 0.15) is 0 Å². The minimum absolute atomic E-state index is 0.756. The molecule has 0 heterocycles. The highest BCUT2D eigenvalue weighted by atomic mass is 16.5. The molecule has 2 nitrogen and oxygen atoms in total. The third-order valence-corrected chi connectivity index (χ3v) is 5.35. The molecule has 0 aliphatic rings. The molecule has 0 aromatic heterocycles. The van der Waals surface area contributed by atoms with Crippen LogP contribution in [0.2, 0.25) is 0 Å². The van der Waals surface area contributed by atoms with Gasteiger partial charge in [-0.2, -0.15) is 0 Å². The summed E-state index contributed by atoms with van der Waals surface area (Å²) >= 11 is 0. The van der Waals surface area contributed by atoms with Crippen molar-refractivity contribution in [2.45, 2.75) is 98.8 Å². The van der Waals surface area contributed by atoms with Gasteiger partial charge in [-0.1, -0.05) is 79.6 Å². The first kappa shape index (κ1) is 23.9. The summed E-state index contributed by atoms with van der Waals surface area (Å²) in [4.78, 5) is 2.60. The minimum Gasteiger partial charge on any atom is -0.380 e. The summed E-state index contributed by atoms with van der Waals surface area (Å²) in [5, 5.41) is 0. The van der Waals surface area contributed by atoms with E-state index in [2.05, 4.69) is 39.5 Å². The molecule has 2 heteroatoms. The molecule has 0 spiro atoms. The molecule has 0 rings (SSSR count). The van der Waals surface area contributed by atoms with Crippen molar-refractivity contribution in [1.29, 1.82) is 0 Å². The lowest BCUT2D eigenvalue weighted by Gasteiger charge is -2.24. The van der Waals surface area contributed by atoms with Crippen LogP contribution in [-0.4, -0.2) is 37.7 Å². The predicted octanol–water partition coefficient (Wildman–Crippen LogP) is 6.54. The molecule has 0 N–H and O–H groups in total. The van der Waals surface area contributed by atoms with Gasteiger partial charge in [0.25, 0.3) is 0 Å². The van der Waals surface area contributed by atoms with E-state index in [0.29, 0.717) is 0 Å².